The zero-order valence-corrected chi connectivity index (χ0v) is 17.5. The van der Waals surface area contributed by atoms with E-state index in [1.165, 1.54) is 0 Å². The lowest BCUT2D eigenvalue weighted by molar-refractivity contribution is 0.112. The highest BCUT2D eigenvalue weighted by Crippen LogP contribution is 2.30. The topological polar surface area (TPSA) is 46.1 Å². The van der Waals surface area contributed by atoms with Gasteiger partial charge in [0.25, 0.3) is 0 Å². The number of anilines is 1. The number of aldehydes is 1. The van der Waals surface area contributed by atoms with Crippen molar-refractivity contribution in [1.29, 1.82) is 0 Å². The molecule has 0 unspecified atom stereocenters. The zero-order chi connectivity index (χ0) is 20.3. The van der Waals surface area contributed by atoms with Crippen LogP contribution in [0.4, 0.5) is 5.82 Å². The Morgan fingerprint density at radius 1 is 1.07 bits per heavy atom. The maximum absolute atomic E-state index is 10.9. The summed E-state index contributed by atoms with van der Waals surface area (Å²) in [7, 11) is 1.95. The molecule has 0 atom stereocenters. The van der Waals surface area contributed by atoms with E-state index < -0.39 is 0 Å². The van der Waals surface area contributed by atoms with Gasteiger partial charge in [-0.25, -0.2) is 4.98 Å². The molecule has 1 aromatic heterocycles. The van der Waals surface area contributed by atoms with Gasteiger partial charge in [-0.1, -0.05) is 67.4 Å². The minimum Gasteiger partial charge on any atom is -0.354 e. The summed E-state index contributed by atoms with van der Waals surface area (Å²) >= 11 is 12.7. The Labute approximate surface area is 175 Å². The normalized spacial score (nSPS) is 10.9. The lowest BCUT2D eigenvalue weighted by Crippen LogP contribution is -2.21. The molecule has 0 saturated heterocycles. The van der Waals surface area contributed by atoms with Gasteiger partial charge in [0.05, 0.1) is 17.6 Å². The highest BCUT2D eigenvalue weighted by molar-refractivity contribution is 6.36. The molecule has 3 aromatic rings. The fourth-order valence-corrected chi connectivity index (χ4v) is 3.46. The Morgan fingerprint density at radius 3 is 2.29 bits per heavy atom. The minimum absolute atomic E-state index is 0.207. The van der Waals surface area contributed by atoms with Crippen LogP contribution in [0.3, 0.4) is 0 Å². The van der Waals surface area contributed by atoms with Crippen molar-refractivity contribution in [2.75, 3.05) is 11.9 Å². The molecule has 1 heterocycles. The lowest BCUT2D eigenvalue weighted by atomic mass is 10.1. The molecular formula is C22H21Cl2N3O. The van der Waals surface area contributed by atoms with Gasteiger partial charge in [-0.2, -0.15) is 0 Å². The van der Waals surface area contributed by atoms with Gasteiger partial charge in [-0.15, -0.1) is 0 Å². The summed E-state index contributed by atoms with van der Waals surface area (Å²) in [5.74, 6) is 0.987. The first-order chi connectivity index (χ1) is 13.4. The van der Waals surface area contributed by atoms with Crippen LogP contribution in [0.1, 0.15) is 41.4 Å². The van der Waals surface area contributed by atoms with Crippen molar-refractivity contribution in [3.63, 3.8) is 0 Å². The Balaban J connectivity index is 2.00. The molecule has 28 heavy (non-hydrogen) atoms. The van der Waals surface area contributed by atoms with E-state index in [0.29, 0.717) is 22.2 Å². The van der Waals surface area contributed by atoms with Crippen molar-refractivity contribution >= 4 is 35.3 Å². The van der Waals surface area contributed by atoms with Crippen LogP contribution in [0.25, 0.3) is 11.3 Å². The van der Waals surface area contributed by atoms with E-state index in [1.54, 1.807) is 18.3 Å². The van der Waals surface area contributed by atoms with Crippen LogP contribution in [-0.2, 0) is 6.54 Å². The maximum Gasteiger partial charge on any atom is 0.151 e. The van der Waals surface area contributed by atoms with Crippen LogP contribution in [0.15, 0.2) is 48.7 Å². The summed E-state index contributed by atoms with van der Waals surface area (Å²) in [6.45, 7) is 4.69. The Hall–Kier alpha value is -2.43. The number of rotatable bonds is 6. The number of nitrogens with zero attached hydrogens (tertiary/aromatic N) is 3. The number of carbonyl (C=O) groups is 1. The molecule has 0 aliphatic heterocycles. The van der Waals surface area contributed by atoms with Crippen LogP contribution in [0.5, 0.6) is 0 Å². The Morgan fingerprint density at radius 2 is 1.71 bits per heavy atom. The summed E-state index contributed by atoms with van der Waals surface area (Å²) in [5, 5.41) is 1.25. The van der Waals surface area contributed by atoms with E-state index in [9.17, 15) is 4.79 Å². The molecule has 0 bridgehead atoms. The molecule has 4 nitrogen and oxygen atoms in total. The zero-order valence-electron chi connectivity index (χ0n) is 16.0. The monoisotopic (exact) mass is 413 g/mol. The van der Waals surface area contributed by atoms with Crippen molar-refractivity contribution < 1.29 is 4.79 Å². The van der Waals surface area contributed by atoms with E-state index >= 15 is 0 Å². The quantitative estimate of drug-likeness (QED) is 0.463. The molecule has 0 fully saturated rings. The predicted octanol–water partition coefficient (Wildman–Crippen LogP) is 6.02. The molecule has 0 aliphatic rings. The summed E-state index contributed by atoms with van der Waals surface area (Å²) in [6.07, 6.45) is 2.59. The highest BCUT2D eigenvalue weighted by Gasteiger charge is 2.18. The molecule has 0 amide bonds. The SMILES string of the molecule is CC(C)c1ncc(-c2ccc(C=O)cc2)nc1N(C)Cc1c(Cl)cccc1Cl. The molecular weight excluding hydrogens is 393 g/mol. The molecule has 0 N–H and O–H groups in total. The smallest absolute Gasteiger partial charge is 0.151 e. The Bertz CT molecular complexity index is 967. The molecule has 144 valence electrons. The van der Waals surface area contributed by atoms with Gasteiger partial charge >= 0.3 is 0 Å². The first kappa shape index (κ1) is 20.3. The van der Waals surface area contributed by atoms with Gasteiger partial charge in [-0.05, 0) is 18.1 Å². The first-order valence-electron chi connectivity index (χ1n) is 8.97. The van der Waals surface area contributed by atoms with E-state index in [0.717, 1.165) is 34.6 Å². The highest BCUT2D eigenvalue weighted by atomic mass is 35.5. The number of halogens is 2. The van der Waals surface area contributed by atoms with Gasteiger partial charge in [0, 0.05) is 40.3 Å². The average Bonchev–Trinajstić information content (AvgIpc) is 2.70. The minimum atomic E-state index is 0.207. The van der Waals surface area contributed by atoms with Crippen LogP contribution in [-0.4, -0.2) is 23.3 Å². The van der Waals surface area contributed by atoms with E-state index in [1.807, 2.05) is 42.3 Å². The number of hydrogen-bond acceptors (Lipinski definition) is 4. The first-order valence-corrected chi connectivity index (χ1v) is 9.73. The second-order valence-corrected chi connectivity index (χ2v) is 7.73. The molecule has 3 rings (SSSR count). The molecule has 0 spiro atoms. The standard InChI is InChI=1S/C22H21Cl2N3O/c1-14(2)21-22(27(3)12-17-18(23)5-4-6-19(17)24)26-20(11-25-21)16-9-7-15(13-28)8-10-16/h4-11,13-14H,12H2,1-3H3. The van der Waals surface area contributed by atoms with Gasteiger partial charge in [0.15, 0.2) is 5.82 Å². The van der Waals surface area contributed by atoms with Crippen molar-refractivity contribution in [3.8, 4) is 11.3 Å². The molecule has 6 heteroatoms. The van der Waals surface area contributed by atoms with Crippen LogP contribution in [0, 0.1) is 0 Å². The van der Waals surface area contributed by atoms with Gasteiger partial charge < -0.3 is 4.90 Å². The molecule has 0 radical (unpaired) electrons. The largest absolute Gasteiger partial charge is 0.354 e. The summed E-state index contributed by atoms with van der Waals surface area (Å²) < 4.78 is 0. The van der Waals surface area contributed by atoms with Gasteiger partial charge in [-0.3, -0.25) is 9.78 Å². The molecule has 2 aromatic carbocycles. The van der Waals surface area contributed by atoms with Gasteiger partial charge in [0.1, 0.15) is 6.29 Å². The Kier molecular flexibility index (Phi) is 6.32. The third-order valence-electron chi connectivity index (χ3n) is 4.49. The van der Waals surface area contributed by atoms with E-state index in [-0.39, 0.29) is 5.92 Å². The predicted molar refractivity (Wildman–Crippen MR) is 116 cm³/mol. The third kappa shape index (κ3) is 4.34. The third-order valence-corrected chi connectivity index (χ3v) is 5.20. The second-order valence-electron chi connectivity index (χ2n) is 6.91. The van der Waals surface area contributed by atoms with E-state index in [2.05, 4.69) is 18.8 Å². The lowest BCUT2D eigenvalue weighted by Gasteiger charge is -2.24. The van der Waals surface area contributed by atoms with E-state index in [4.69, 9.17) is 28.2 Å². The van der Waals surface area contributed by atoms with Crippen molar-refractivity contribution in [2.24, 2.45) is 0 Å². The number of benzene rings is 2. The van der Waals surface area contributed by atoms with Crippen molar-refractivity contribution in [1.82, 2.24) is 9.97 Å². The van der Waals surface area contributed by atoms with Crippen LogP contribution >= 0.6 is 23.2 Å². The fraction of sp³-hybridized carbons (Fsp3) is 0.227. The fourth-order valence-electron chi connectivity index (χ4n) is 2.94. The molecule has 0 saturated carbocycles. The van der Waals surface area contributed by atoms with Crippen LogP contribution in [0.2, 0.25) is 10.0 Å². The summed E-state index contributed by atoms with van der Waals surface area (Å²) in [5.41, 5.74) is 4.03. The van der Waals surface area contributed by atoms with Gasteiger partial charge in [0.2, 0.25) is 0 Å². The second kappa shape index (κ2) is 8.72. The number of aromatic nitrogens is 2. The summed E-state index contributed by atoms with van der Waals surface area (Å²) in [4.78, 5) is 22.4. The summed E-state index contributed by atoms with van der Waals surface area (Å²) in [6, 6.07) is 12.8. The maximum atomic E-state index is 10.9. The molecule has 0 aliphatic carbocycles. The van der Waals surface area contributed by atoms with Crippen molar-refractivity contribution in [3.05, 3.63) is 75.5 Å². The number of hydrogen-bond donors (Lipinski definition) is 0. The van der Waals surface area contributed by atoms with Crippen molar-refractivity contribution in [2.45, 2.75) is 26.3 Å². The average molecular weight is 414 g/mol. The number of carbonyl (C=O) groups excluding carboxylic acids is 1. The van der Waals surface area contributed by atoms with Crippen LogP contribution < -0.4 is 4.90 Å².